The highest BCUT2D eigenvalue weighted by Gasteiger charge is 2.29. The molecule has 2 unspecified atom stereocenters. The highest BCUT2D eigenvalue weighted by Crippen LogP contribution is 2.08. The van der Waals surface area contributed by atoms with Gasteiger partial charge < -0.3 is 63.4 Å². The summed E-state index contributed by atoms with van der Waals surface area (Å²) in [5, 5.41) is 50.6. The van der Waals surface area contributed by atoms with Crippen molar-refractivity contribution < 1.29 is 68.9 Å². The first kappa shape index (κ1) is 49.7. The third-order valence-corrected chi connectivity index (χ3v) is 7.68. The molecule has 0 aromatic rings. The molecule has 0 radical (unpaired) electrons. The van der Waals surface area contributed by atoms with Gasteiger partial charge in [0, 0.05) is 25.9 Å². The fraction of sp³-hybridized carbons (Fsp3) is 0.636. The Morgan fingerprint density at radius 2 is 0.855 bits per heavy atom. The van der Waals surface area contributed by atoms with Crippen LogP contribution in [0.2, 0.25) is 0 Å². The second-order valence-corrected chi connectivity index (χ2v) is 12.3. The Morgan fingerprint density at radius 1 is 0.509 bits per heavy atom. The Balaban J connectivity index is 5.50. The number of unbranched alkanes of at least 4 members (excludes halogenated alkanes) is 2. The number of carbonyl (C=O) groups is 8. The molecule has 0 aliphatic rings. The molecule has 0 aromatic carbocycles. The molecule has 6 amide bonds. The zero-order chi connectivity index (χ0) is 41.8. The van der Waals surface area contributed by atoms with Crippen LogP contribution in [0, 0.1) is 0 Å². The van der Waals surface area contributed by atoms with Crippen molar-refractivity contribution in [1.82, 2.24) is 31.9 Å². The van der Waals surface area contributed by atoms with E-state index in [2.05, 4.69) is 54.8 Å². The molecule has 0 heterocycles. The maximum Gasteiger partial charge on any atom is 0.303 e. The van der Waals surface area contributed by atoms with E-state index in [1.807, 2.05) is 0 Å². The standard InChI is InChI=1S/C33H56N8O14/c1-20(54-52)18-26(42)38-24(10-12-28(44)45)32(50)40-22(8-3-5-14-34)30(48)36-16-7-17-37-31(49)23(9-4-6-15-35)41-33(51)25(11-13-29(46)47)39-27(43)19-21(2)55-53/h22-25,52-53H,1-19,34-35H2,(H,36,48)(H,37,49)(H,38,42)(H,39,43)(H,40,50)(H,41,51)(H,44,45)(H,46,47)/t22-,23-,24?,25?/m0/s1. The summed E-state index contributed by atoms with van der Waals surface area (Å²) in [6.45, 7) is 7.29. The number of hydrogen-bond acceptors (Lipinski definition) is 14. The average molecular weight is 789 g/mol. The molecule has 0 bridgehead atoms. The number of aliphatic carboxylic acids is 2. The van der Waals surface area contributed by atoms with E-state index in [4.69, 9.17) is 32.2 Å². The van der Waals surface area contributed by atoms with Crippen molar-refractivity contribution in [3.05, 3.63) is 24.7 Å². The van der Waals surface area contributed by atoms with E-state index in [1.165, 1.54) is 0 Å². The van der Waals surface area contributed by atoms with Crippen LogP contribution in [0.3, 0.4) is 0 Å². The SMILES string of the molecule is C=C(CC(=O)NC(CCC(=O)O)C(=O)N[C@@H](CCCCN)C(=O)NCCCNC(=O)[C@H](CCCCN)NC(=O)C(CCC(=O)O)NC(=O)CC(=C)OO)OO. The van der Waals surface area contributed by atoms with Gasteiger partial charge in [-0.2, -0.15) is 0 Å². The summed E-state index contributed by atoms with van der Waals surface area (Å²) >= 11 is 0. The van der Waals surface area contributed by atoms with Gasteiger partial charge in [-0.25, -0.2) is 10.5 Å². The van der Waals surface area contributed by atoms with Gasteiger partial charge in [0.15, 0.2) is 0 Å². The van der Waals surface area contributed by atoms with Crippen LogP contribution < -0.4 is 43.4 Å². The van der Waals surface area contributed by atoms with E-state index in [0.29, 0.717) is 38.8 Å². The van der Waals surface area contributed by atoms with Crippen LogP contribution in [0.15, 0.2) is 24.7 Å². The topological polar surface area (TPSA) is 360 Å². The van der Waals surface area contributed by atoms with Crippen LogP contribution in [0.4, 0.5) is 0 Å². The first-order valence-corrected chi connectivity index (χ1v) is 17.6. The minimum absolute atomic E-state index is 0.0289. The first-order valence-electron chi connectivity index (χ1n) is 17.6. The Bertz CT molecular complexity index is 1220. The Morgan fingerprint density at radius 3 is 1.16 bits per heavy atom. The van der Waals surface area contributed by atoms with E-state index < -0.39 is 97.2 Å². The summed E-state index contributed by atoms with van der Waals surface area (Å²) in [7, 11) is 0. The van der Waals surface area contributed by atoms with Gasteiger partial charge in [-0.05, 0) is 70.9 Å². The quantitative estimate of drug-likeness (QED) is 0.0157. The van der Waals surface area contributed by atoms with Crippen LogP contribution in [-0.4, -0.2) is 118 Å². The van der Waals surface area contributed by atoms with Gasteiger partial charge in [0.2, 0.25) is 35.4 Å². The number of amides is 6. The first-order chi connectivity index (χ1) is 26.1. The van der Waals surface area contributed by atoms with Crippen molar-refractivity contribution in [2.75, 3.05) is 26.2 Å². The second kappa shape index (κ2) is 29.1. The van der Waals surface area contributed by atoms with Crippen LogP contribution in [0.5, 0.6) is 0 Å². The summed E-state index contributed by atoms with van der Waals surface area (Å²) < 4.78 is 0. The zero-order valence-electron chi connectivity index (χ0n) is 30.8. The molecule has 0 aliphatic heterocycles. The highest BCUT2D eigenvalue weighted by molar-refractivity contribution is 5.93. The Labute approximate surface area is 318 Å². The molecule has 0 rings (SSSR count). The lowest BCUT2D eigenvalue weighted by Crippen LogP contribution is -2.54. The number of rotatable bonds is 32. The number of nitrogens with one attached hydrogen (secondary N) is 6. The minimum atomic E-state index is -1.35. The molecule has 0 aromatic heterocycles. The van der Waals surface area contributed by atoms with Crippen molar-refractivity contribution in [2.24, 2.45) is 11.5 Å². The van der Waals surface area contributed by atoms with Gasteiger partial charge in [0.25, 0.3) is 0 Å². The van der Waals surface area contributed by atoms with Gasteiger partial charge in [0.05, 0.1) is 12.8 Å². The molecule has 0 saturated heterocycles. The fourth-order valence-electron chi connectivity index (χ4n) is 4.81. The summed E-state index contributed by atoms with van der Waals surface area (Å²) in [6.07, 6.45) is -0.176. The molecule has 0 fully saturated rings. The predicted octanol–water partition coefficient (Wildman–Crippen LogP) is -1.68. The maximum atomic E-state index is 13.1. The number of hydrogen-bond donors (Lipinski definition) is 12. The molecular formula is C33H56N8O14. The van der Waals surface area contributed by atoms with Gasteiger partial charge in [-0.15, -0.1) is 0 Å². The largest absolute Gasteiger partial charge is 0.481 e. The monoisotopic (exact) mass is 788 g/mol. The van der Waals surface area contributed by atoms with Crippen molar-refractivity contribution in [2.45, 2.75) is 108 Å². The normalized spacial score (nSPS) is 12.7. The van der Waals surface area contributed by atoms with Crippen molar-refractivity contribution in [1.29, 1.82) is 0 Å². The van der Waals surface area contributed by atoms with E-state index in [1.54, 1.807) is 0 Å². The lowest BCUT2D eigenvalue weighted by atomic mass is 10.1. The number of carboxylic acids is 2. The Hall–Kier alpha value is -5.32. The molecule has 22 heteroatoms. The minimum Gasteiger partial charge on any atom is -0.481 e. The van der Waals surface area contributed by atoms with Gasteiger partial charge in [0.1, 0.15) is 35.7 Å². The van der Waals surface area contributed by atoms with Crippen molar-refractivity contribution in [3.63, 3.8) is 0 Å². The molecule has 4 atom stereocenters. The molecule has 0 aliphatic carbocycles. The van der Waals surface area contributed by atoms with Crippen LogP contribution in [0.25, 0.3) is 0 Å². The fourth-order valence-corrected chi connectivity index (χ4v) is 4.81. The number of carbonyl (C=O) groups excluding carboxylic acids is 6. The van der Waals surface area contributed by atoms with Gasteiger partial charge >= 0.3 is 11.9 Å². The van der Waals surface area contributed by atoms with Crippen LogP contribution in [-0.2, 0) is 48.1 Å². The van der Waals surface area contributed by atoms with Gasteiger partial charge in [-0.1, -0.05) is 13.2 Å². The lowest BCUT2D eigenvalue weighted by molar-refractivity contribution is -0.205. The Kier molecular flexibility index (Phi) is 26.3. The smallest absolute Gasteiger partial charge is 0.303 e. The molecule has 0 saturated carbocycles. The zero-order valence-corrected chi connectivity index (χ0v) is 30.8. The number of carboxylic acid groups (broad SMARTS) is 2. The highest BCUT2D eigenvalue weighted by atomic mass is 17.1. The summed E-state index contributed by atoms with van der Waals surface area (Å²) in [4.78, 5) is 107. The van der Waals surface area contributed by atoms with Crippen LogP contribution >= 0.6 is 0 Å². The lowest BCUT2D eigenvalue weighted by Gasteiger charge is -2.23. The molecule has 14 N–H and O–H groups in total. The summed E-state index contributed by atoms with van der Waals surface area (Å²) in [5.41, 5.74) is 11.1. The summed E-state index contributed by atoms with van der Waals surface area (Å²) in [5.74, 6) is -7.55. The summed E-state index contributed by atoms with van der Waals surface area (Å²) in [6, 6.07) is -4.89. The average Bonchev–Trinajstić information content (AvgIpc) is 3.13. The van der Waals surface area contributed by atoms with E-state index >= 15 is 0 Å². The van der Waals surface area contributed by atoms with Gasteiger partial charge in [-0.3, -0.25) is 38.4 Å². The second-order valence-electron chi connectivity index (χ2n) is 12.3. The molecule has 55 heavy (non-hydrogen) atoms. The third kappa shape index (κ3) is 23.9. The van der Waals surface area contributed by atoms with E-state index in [0.717, 1.165) is 0 Å². The predicted molar refractivity (Wildman–Crippen MR) is 193 cm³/mol. The molecule has 312 valence electrons. The molecule has 22 nitrogen and oxygen atoms in total. The van der Waals surface area contributed by atoms with E-state index in [9.17, 15) is 38.4 Å². The van der Waals surface area contributed by atoms with E-state index in [-0.39, 0.29) is 56.7 Å². The van der Waals surface area contributed by atoms with Crippen LogP contribution in [0.1, 0.15) is 83.5 Å². The van der Waals surface area contributed by atoms with Crippen molar-refractivity contribution in [3.8, 4) is 0 Å². The molecular weight excluding hydrogens is 732 g/mol. The third-order valence-electron chi connectivity index (χ3n) is 7.68. The molecule has 0 spiro atoms. The number of nitrogens with two attached hydrogens (primary N) is 2. The maximum absolute atomic E-state index is 13.1. The van der Waals surface area contributed by atoms with Crippen molar-refractivity contribution >= 4 is 47.4 Å².